The van der Waals surface area contributed by atoms with Crippen LogP contribution in [0.4, 0.5) is 0 Å². The molecule has 0 fully saturated rings. The largest absolute Gasteiger partial charge is 0.444 e. The number of carbonyl (C=O) groups excluding carboxylic acids is 1. The fraction of sp³-hybridized carbons (Fsp3) is 0.545. The van der Waals surface area contributed by atoms with Crippen LogP contribution in [0.3, 0.4) is 0 Å². The molecule has 0 amide bonds. The van der Waals surface area contributed by atoms with Gasteiger partial charge in [0, 0.05) is 19.2 Å². The van der Waals surface area contributed by atoms with Gasteiger partial charge in [-0.25, -0.2) is 4.79 Å². The Morgan fingerprint density at radius 3 is 2.50 bits per heavy atom. The van der Waals surface area contributed by atoms with Gasteiger partial charge in [-0.15, -0.1) is 0 Å². The van der Waals surface area contributed by atoms with Crippen molar-refractivity contribution in [1.82, 2.24) is 9.13 Å². The third kappa shape index (κ3) is 2.86. The first-order valence-corrected chi connectivity index (χ1v) is 5.47. The summed E-state index contributed by atoms with van der Waals surface area (Å²) in [5, 5.41) is 9.08. The summed E-state index contributed by atoms with van der Waals surface area (Å²) in [6, 6.07) is -0.347. The average Bonchev–Trinajstić information content (AvgIpc) is 2.27. The molecular weight excluding hydrogens is 240 g/mol. The molecule has 0 radical (unpaired) electrons. The fourth-order valence-electron chi connectivity index (χ4n) is 1.50. The predicted molar refractivity (Wildman–Crippen MR) is 63.0 cm³/mol. The third-order valence-electron chi connectivity index (χ3n) is 2.35. The van der Waals surface area contributed by atoms with Crippen molar-refractivity contribution in [2.24, 2.45) is 0 Å². The minimum absolute atomic E-state index is 0.0791. The predicted octanol–water partition coefficient (Wildman–Crippen LogP) is -0.396. The van der Waals surface area contributed by atoms with Gasteiger partial charge in [0.1, 0.15) is 0 Å². The second-order valence-corrected chi connectivity index (χ2v) is 4.10. The van der Waals surface area contributed by atoms with E-state index < -0.39 is 23.8 Å². The zero-order valence-corrected chi connectivity index (χ0v) is 10.5. The third-order valence-corrected chi connectivity index (χ3v) is 2.35. The molecular formula is C11H16N2O5. The van der Waals surface area contributed by atoms with E-state index in [9.17, 15) is 14.4 Å². The van der Waals surface area contributed by atoms with Crippen LogP contribution in [-0.4, -0.2) is 20.2 Å². The summed E-state index contributed by atoms with van der Waals surface area (Å²) in [6.45, 7) is 3.82. The molecule has 1 aromatic rings. The van der Waals surface area contributed by atoms with Gasteiger partial charge in [0.25, 0.3) is 5.56 Å². The van der Waals surface area contributed by atoms with Gasteiger partial charge in [-0.05, 0) is 13.8 Å². The van der Waals surface area contributed by atoms with Crippen LogP contribution in [0.5, 0.6) is 0 Å². The smallest absolute Gasteiger partial charge is 0.333 e. The maximum atomic E-state index is 12.0. The Hall–Kier alpha value is -1.89. The van der Waals surface area contributed by atoms with Crippen LogP contribution >= 0.6 is 0 Å². The Morgan fingerprint density at radius 1 is 1.44 bits per heavy atom. The van der Waals surface area contributed by atoms with Gasteiger partial charge in [-0.2, -0.15) is 0 Å². The van der Waals surface area contributed by atoms with E-state index >= 15 is 0 Å². The Balaban J connectivity index is 3.36. The summed E-state index contributed by atoms with van der Waals surface area (Å²) in [6.07, 6.45) is 1.20. The standard InChI is InChI=1S/C11H16N2O5/c1-7(2)13-10(16)9(5-14)4-12(11(13)17)6-18-8(3)15/h4,7,14H,5-6H2,1-3H3. The van der Waals surface area contributed by atoms with Crippen LogP contribution in [0, 0.1) is 0 Å². The summed E-state index contributed by atoms with van der Waals surface area (Å²) < 4.78 is 6.80. The van der Waals surface area contributed by atoms with Crippen LogP contribution in [0.2, 0.25) is 0 Å². The molecule has 18 heavy (non-hydrogen) atoms. The van der Waals surface area contributed by atoms with Crippen molar-refractivity contribution < 1.29 is 14.6 Å². The number of aromatic nitrogens is 2. The lowest BCUT2D eigenvalue weighted by Gasteiger charge is -2.14. The summed E-state index contributed by atoms with van der Waals surface area (Å²) in [5.74, 6) is -0.533. The van der Waals surface area contributed by atoms with Gasteiger partial charge in [-0.3, -0.25) is 18.7 Å². The highest BCUT2D eigenvalue weighted by Crippen LogP contribution is 1.98. The first-order chi connectivity index (χ1) is 8.38. The van der Waals surface area contributed by atoms with E-state index in [0.717, 1.165) is 9.13 Å². The van der Waals surface area contributed by atoms with Crippen molar-refractivity contribution in [2.45, 2.75) is 40.2 Å². The molecule has 1 N–H and O–H groups in total. The number of hydrogen-bond donors (Lipinski definition) is 1. The zero-order chi connectivity index (χ0) is 13.9. The molecule has 0 aliphatic carbocycles. The summed E-state index contributed by atoms with van der Waals surface area (Å²) in [5.41, 5.74) is -1.03. The maximum absolute atomic E-state index is 12.0. The van der Waals surface area contributed by atoms with Crippen LogP contribution in [0.15, 0.2) is 15.8 Å². The molecule has 0 aliphatic heterocycles. The highest BCUT2D eigenvalue weighted by Gasteiger charge is 2.13. The molecule has 0 saturated carbocycles. The normalized spacial score (nSPS) is 10.7. The molecule has 100 valence electrons. The summed E-state index contributed by atoms with van der Waals surface area (Å²) in [7, 11) is 0. The SMILES string of the molecule is CC(=O)OCn1cc(CO)c(=O)n(C(C)C)c1=O. The number of aliphatic hydroxyl groups excluding tert-OH is 1. The molecule has 7 heteroatoms. The number of esters is 1. The van der Waals surface area contributed by atoms with E-state index in [1.165, 1.54) is 13.1 Å². The van der Waals surface area contributed by atoms with Gasteiger partial charge >= 0.3 is 11.7 Å². The van der Waals surface area contributed by atoms with Crippen molar-refractivity contribution >= 4 is 5.97 Å². The minimum Gasteiger partial charge on any atom is -0.444 e. The second kappa shape index (κ2) is 5.63. The van der Waals surface area contributed by atoms with Gasteiger partial charge in [0.2, 0.25) is 0 Å². The molecule has 1 rings (SSSR count). The fourth-order valence-corrected chi connectivity index (χ4v) is 1.50. The number of ether oxygens (including phenoxy) is 1. The van der Waals surface area contributed by atoms with E-state index in [2.05, 4.69) is 0 Å². The summed E-state index contributed by atoms with van der Waals surface area (Å²) in [4.78, 5) is 34.5. The number of hydrogen-bond acceptors (Lipinski definition) is 5. The van der Waals surface area contributed by atoms with Crippen LogP contribution in [0.25, 0.3) is 0 Å². The number of aliphatic hydroxyl groups is 1. The molecule has 0 bridgehead atoms. The Bertz CT molecular complexity index is 556. The first kappa shape index (κ1) is 14.2. The molecule has 0 spiro atoms. The average molecular weight is 256 g/mol. The maximum Gasteiger partial charge on any atom is 0.333 e. The van der Waals surface area contributed by atoms with E-state index in [1.54, 1.807) is 13.8 Å². The summed E-state index contributed by atoms with van der Waals surface area (Å²) >= 11 is 0. The van der Waals surface area contributed by atoms with Crippen molar-refractivity contribution in [3.8, 4) is 0 Å². The number of carbonyl (C=O) groups is 1. The highest BCUT2D eigenvalue weighted by molar-refractivity contribution is 5.65. The molecule has 7 nitrogen and oxygen atoms in total. The molecule has 0 saturated heterocycles. The van der Waals surface area contributed by atoms with E-state index in [0.29, 0.717) is 0 Å². The van der Waals surface area contributed by atoms with E-state index in [-0.39, 0.29) is 18.3 Å². The lowest BCUT2D eigenvalue weighted by atomic mass is 10.3. The monoisotopic (exact) mass is 256 g/mol. The second-order valence-electron chi connectivity index (χ2n) is 4.10. The lowest BCUT2D eigenvalue weighted by Crippen LogP contribution is -2.42. The minimum atomic E-state index is -0.576. The van der Waals surface area contributed by atoms with Gasteiger partial charge in [0.05, 0.1) is 12.2 Å². The Morgan fingerprint density at radius 2 is 2.06 bits per heavy atom. The van der Waals surface area contributed by atoms with Crippen LogP contribution < -0.4 is 11.2 Å². The van der Waals surface area contributed by atoms with Gasteiger partial charge < -0.3 is 9.84 Å². The van der Waals surface area contributed by atoms with E-state index in [1.807, 2.05) is 0 Å². The van der Waals surface area contributed by atoms with Crippen molar-refractivity contribution in [3.63, 3.8) is 0 Å². The quantitative estimate of drug-likeness (QED) is 0.740. The molecule has 1 heterocycles. The Kier molecular flexibility index (Phi) is 4.43. The highest BCUT2D eigenvalue weighted by atomic mass is 16.5. The topological polar surface area (TPSA) is 90.5 Å². The molecule has 0 aromatic carbocycles. The molecule has 0 atom stereocenters. The van der Waals surface area contributed by atoms with Crippen molar-refractivity contribution in [3.05, 3.63) is 32.6 Å². The van der Waals surface area contributed by atoms with Crippen LogP contribution in [0.1, 0.15) is 32.4 Å². The van der Waals surface area contributed by atoms with Crippen molar-refractivity contribution in [2.75, 3.05) is 0 Å². The number of nitrogens with zero attached hydrogens (tertiary/aromatic N) is 2. The lowest BCUT2D eigenvalue weighted by molar-refractivity contribution is -0.144. The van der Waals surface area contributed by atoms with Gasteiger partial charge in [0.15, 0.2) is 6.73 Å². The molecule has 0 unspecified atom stereocenters. The Labute approximate surface area is 103 Å². The van der Waals surface area contributed by atoms with Gasteiger partial charge in [-0.1, -0.05) is 0 Å². The van der Waals surface area contributed by atoms with Crippen LogP contribution in [-0.2, 0) is 22.9 Å². The van der Waals surface area contributed by atoms with E-state index in [4.69, 9.17) is 9.84 Å². The molecule has 0 aliphatic rings. The first-order valence-electron chi connectivity index (χ1n) is 5.47. The number of rotatable bonds is 4. The molecule has 1 aromatic heterocycles. The zero-order valence-electron chi connectivity index (χ0n) is 10.5. The van der Waals surface area contributed by atoms with Crippen molar-refractivity contribution in [1.29, 1.82) is 0 Å².